The number of alkyl halides is 3. The van der Waals surface area contributed by atoms with Gasteiger partial charge in [0.15, 0.2) is 4.30 Å². The number of carbonyl (C=O) groups is 1. The number of carbonyl (C=O) groups excluding carboxylic acids is 1. The fourth-order valence-electron chi connectivity index (χ4n) is 0.806. The third kappa shape index (κ3) is 10.3. The van der Waals surface area contributed by atoms with Crippen molar-refractivity contribution in [3.05, 3.63) is 0 Å². The van der Waals surface area contributed by atoms with Gasteiger partial charge < -0.3 is 4.74 Å². The van der Waals surface area contributed by atoms with Crippen molar-refractivity contribution in [2.24, 2.45) is 0 Å². The predicted molar refractivity (Wildman–Crippen MR) is 50.8 cm³/mol. The van der Waals surface area contributed by atoms with E-state index in [-0.39, 0.29) is 5.97 Å². The highest BCUT2D eigenvalue weighted by atomic mass is 35.6. The average Bonchev–Trinajstić information content (AvgIpc) is 2.14. The normalized spacial score (nSPS) is 17.5. The van der Waals surface area contributed by atoms with Gasteiger partial charge in [0.25, 0.3) is 0 Å². The molecule has 0 atom stereocenters. The molecule has 0 aromatic rings. The number of hydrogen-bond acceptors (Lipinski definition) is 2. The number of esters is 1. The van der Waals surface area contributed by atoms with Crippen LogP contribution in [0.2, 0.25) is 0 Å². The second-order valence-electron chi connectivity index (χ2n) is 2.28. The van der Waals surface area contributed by atoms with Crippen molar-refractivity contribution in [3.8, 4) is 0 Å². The Hall–Kier alpha value is 0.340. The van der Waals surface area contributed by atoms with Crippen molar-refractivity contribution in [2.75, 3.05) is 6.61 Å². The molecule has 0 bridgehead atoms. The lowest BCUT2D eigenvalue weighted by Gasteiger charge is -1.93. The van der Waals surface area contributed by atoms with Gasteiger partial charge in [-0.1, -0.05) is 34.8 Å². The van der Waals surface area contributed by atoms with Crippen LogP contribution in [-0.4, -0.2) is 16.9 Å². The van der Waals surface area contributed by atoms with Gasteiger partial charge in [-0.2, -0.15) is 0 Å². The largest absolute Gasteiger partial charge is 0.466 e. The molecule has 12 heavy (non-hydrogen) atoms. The lowest BCUT2D eigenvalue weighted by Crippen LogP contribution is -2.00. The molecule has 0 spiro atoms. The van der Waals surface area contributed by atoms with E-state index in [1.165, 1.54) is 0 Å². The molecule has 0 unspecified atom stereocenters. The molecule has 0 radical (unpaired) electrons. The first kappa shape index (κ1) is 12.3. The van der Waals surface area contributed by atoms with Crippen LogP contribution >= 0.6 is 34.8 Å². The molecule has 1 heterocycles. The standard InChI is InChI=1S/C6H10O2.CHCl3/c7-6-4-2-1-3-5-8-6;2-1(3)4/h1-5H2;1H. The molecule has 0 saturated carbocycles. The number of ether oxygens (including phenoxy) is 1. The zero-order chi connectivity index (χ0) is 9.40. The minimum Gasteiger partial charge on any atom is -0.466 e. The summed E-state index contributed by atoms with van der Waals surface area (Å²) in [6.45, 7) is 0.638. The Morgan fingerprint density at radius 3 is 2.33 bits per heavy atom. The van der Waals surface area contributed by atoms with Crippen LogP contribution in [-0.2, 0) is 9.53 Å². The summed E-state index contributed by atoms with van der Waals surface area (Å²) in [7, 11) is 0. The first-order chi connectivity index (χ1) is 5.63. The number of cyclic esters (lactones) is 1. The highest BCUT2D eigenvalue weighted by Crippen LogP contribution is 2.06. The summed E-state index contributed by atoms with van der Waals surface area (Å²) in [5, 5.41) is 0. The molecule has 72 valence electrons. The Morgan fingerprint density at radius 1 is 1.17 bits per heavy atom. The van der Waals surface area contributed by atoms with Crippen LogP contribution in [0.5, 0.6) is 0 Å². The summed E-state index contributed by atoms with van der Waals surface area (Å²) >= 11 is 14.4. The summed E-state index contributed by atoms with van der Waals surface area (Å²) in [4.78, 5) is 10.5. The van der Waals surface area contributed by atoms with Gasteiger partial charge in [0.1, 0.15) is 0 Å². The van der Waals surface area contributed by atoms with Gasteiger partial charge in [0.2, 0.25) is 0 Å². The minimum atomic E-state index is -0.750. The van der Waals surface area contributed by atoms with E-state index in [4.69, 9.17) is 39.5 Å². The molecule has 1 fully saturated rings. The molecule has 2 nitrogen and oxygen atoms in total. The maximum Gasteiger partial charge on any atom is 0.305 e. The predicted octanol–water partition coefficient (Wildman–Crippen LogP) is 3.09. The van der Waals surface area contributed by atoms with E-state index in [9.17, 15) is 4.79 Å². The van der Waals surface area contributed by atoms with Gasteiger partial charge in [-0.3, -0.25) is 4.79 Å². The van der Waals surface area contributed by atoms with Gasteiger partial charge in [-0.05, 0) is 19.3 Å². The monoisotopic (exact) mass is 232 g/mol. The van der Waals surface area contributed by atoms with Crippen molar-refractivity contribution in [2.45, 2.75) is 30.0 Å². The van der Waals surface area contributed by atoms with Crippen molar-refractivity contribution < 1.29 is 9.53 Å². The molecule has 0 amide bonds. The third-order valence-electron chi connectivity index (χ3n) is 1.29. The summed E-state index contributed by atoms with van der Waals surface area (Å²) in [6.07, 6.45) is 3.83. The second kappa shape index (κ2) is 7.96. The van der Waals surface area contributed by atoms with E-state index in [2.05, 4.69) is 0 Å². The van der Waals surface area contributed by atoms with Crippen molar-refractivity contribution in [1.29, 1.82) is 0 Å². The molecular weight excluding hydrogens is 222 g/mol. The fourth-order valence-corrected chi connectivity index (χ4v) is 0.806. The molecule has 1 aliphatic heterocycles. The summed E-state index contributed by atoms with van der Waals surface area (Å²) in [6, 6.07) is 0. The molecule has 1 saturated heterocycles. The van der Waals surface area contributed by atoms with Crippen molar-refractivity contribution in [1.82, 2.24) is 0 Å². The fraction of sp³-hybridized carbons (Fsp3) is 0.857. The number of hydrogen-bond donors (Lipinski definition) is 0. The van der Waals surface area contributed by atoms with Crippen LogP contribution in [0.1, 0.15) is 25.7 Å². The number of halogens is 3. The van der Waals surface area contributed by atoms with Gasteiger partial charge in [0, 0.05) is 6.42 Å². The number of rotatable bonds is 0. The van der Waals surface area contributed by atoms with E-state index in [1.807, 2.05) is 0 Å². The van der Waals surface area contributed by atoms with Gasteiger partial charge >= 0.3 is 5.97 Å². The van der Waals surface area contributed by atoms with Crippen LogP contribution in [0.15, 0.2) is 0 Å². The Labute approximate surface area is 87.1 Å². The molecule has 0 aliphatic carbocycles. The zero-order valence-corrected chi connectivity index (χ0v) is 8.83. The maximum absolute atomic E-state index is 10.5. The maximum atomic E-state index is 10.5. The highest BCUT2D eigenvalue weighted by Gasteiger charge is 2.05. The second-order valence-corrected chi connectivity index (χ2v) is 4.26. The van der Waals surface area contributed by atoms with E-state index in [0.29, 0.717) is 13.0 Å². The first-order valence-electron chi connectivity index (χ1n) is 3.71. The first-order valence-corrected chi connectivity index (χ1v) is 5.01. The van der Waals surface area contributed by atoms with Crippen LogP contribution in [0.4, 0.5) is 0 Å². The Balaban J connectivity index is 0.000000261. The topological polar surface area (TPSA) is 26.3 Å². The van der Waals surface area contributed by atoms with Gasteiger partial charge in [-0.15, -0.1) is 0 Å². The Morgan fingerprint density at radius 2 is 1.75 bits per heavy atom. The Kier molecular flexibility index (Phi) is 8.19. The molecule has 0 aromatic carbocycles. The lowest BCUT2D eigenvalue weighted by atomic mass is 10.2. The zero-order valence-electron chi connectivity index (χ0n) is 6.56. The summed E-state index contributed by atoms with van der Waals surface area (Å²) in [5.41, 5.74) is 0. The lowest BCUT2D eigenvalue weighted by molar-refractivity contribution is -0.142. The minimum absolute atomic E-state index is 0.0255. The Bertz CT molecular complexity index is 115. The van der Waals surface area contributed by atoms with Crippen LogP contribution in [0, 0.1) is 0 Å². The van der Waals surface area contributed by atoms with Crippen LogP contribution in [0.25, 0.3) is 0 Å². The molecule has 5 heteroatoms. The van der Waals surface area contributed by atoms with Crippen LogP contribution in [0.3, 0.4) is 0 Å². The van der Waals surface area contributed by atoms with E-state index >= 15 is 0 Å². The van der Waals surface area contributed by atoms with Gasteiger partial charge in [-0.25, -0.2) is 0 Å². The average molecular weight is 234 g/mol. The molecular formula is C7H11Cl3O2. The van der Waals surface area contributed by atoms with E-state index in [1.54, 1.807) is 0 Å². The van der Waals surface area contributed by atoms with Crippen LogP contribution < -0.4 is 0 Å². The van der Waals surface area contributed by atoms with E-state index in [0.717, 1.165) is 19.3 Å². The smallest absolute Gasteiger partial charge is 0.305 e. The quantitative estimate of drug-likeness (QED) is 0.475. The molecule has 1 aliphatic rings. The highest BCUT2D eigenvalue weighted by molar-refractivity contribution is 6.63. The summed E-state index contributed by atoms with van der Waals surface area (Å²) in [5.74, 6) is -0.0255. The molecule has 0 N–H and O–H groups in total. The summed E-state index contributed by atoms with van der Waals surface area (Å²) < 4.78 is 4.01. The van der Waals surface area contributed by atoms with E-state index < -0.39 is 4.30 Å². The third-order valence-corrected chi connectivity index (χ3v) is 1.29. The molecule has 1 rings (SSSR count). The SMILES string of the molecule is ClC(Cl)Cl.O=C1CCCCCO1. The molecule has 0 aromatic heterocycles. The van der Waals surface area contributed by atoms with Gasteiger partial charge in [0.05, 0.1) is 6.61 Å². The van der Waals surface area contributed by atoms with Crippen molar-refractivity contribution >= 4 is 40.8 Å². The van der Waals surface area contributed by atoms with Crippen molar-refractivity contribution in [3.63, 3.8) is 0 Å².